The first-order valence-electron chi connectivity index (χ1n) is 13.7. The molecule has 0 amide bonds. The normalized spacial score (nSPS) is 12.1. The number of aromatic nitrogens is 3. The van der Waals surface area contributed by atoms with Crippen LogP contribution < -0.4 is 34.3 Å². The van der Waals surface area contributed by atoms with Crippen LogP contribution in [0.5, 0.6) is 11.6 Å². The minimum Gasteiger partial charge on any atom is -0.748 e. The summed E-state index contributed by atoms with van der Waals surface area (Å²) in [4.78, 5) is 9.75. The molecular formula is C32H32N3NaO5S. The number of rotatable bonds is 12. The van der Waals surface area contributed by atoms with Crippen LogP contribution in [-0.4, -0.2) is 44.3 Å². The van der Waals surface area contributed by atoms with E-state index < -0.39 is 22.0 Å². The molecule has 5 rings (SSSR count). The molecule has 0 aliphatic rings. The number of benzene rings is 3. The summed E-state index contributed by atoms with van der Waals surface area (Å²) in [5, 5.41) is 11.3. The maximum Gasteiger partial charge on any atom is 1.00 e. The van der Waals surface area contributed by atoms with Gasteiger partial charge in [-0.1, -0.05) is 92.6 Å². The summed E-state index contributed by atoms with van der Waals surface area (Å²) in [6.45, 7) is 1.99. The fourth-order valence-electron chi connectivity index (χ4n) is 4.87. The molecule has 1 N–H and O–H groups in total. The Morgan fingerprint density at radius 2 is 1.57 bits per heavy atom. The molecule has 5 aromatic rings. The van der Waals surface area contributed by atoms with Crippen molar-refractivity contribution in [2.75, 3.05) is 5.75 Å². The predicted octanol–water partition coefficient (Wildman–Crippen LogP) is 2.77. The van der Waals surface area contributed by atoms with Crippen LogP contribution in [-0.2, 0) is 23.0 Å². The fourth-order valence-corrected chi connectivity index (χ4v) is 5.56. The summed E-state index contributed by atoms with van der Waals surface area (Å²) in [6, 6.07) is 27.0. The van der Waals surface area contributed by atoms with E-state index in [1.165, 1.54) is 0 Å². The van der Waals surface area contributed by atoms with Gasteiger partial charge in [-0.15, -0.1) is 0 Å². The van der Waals surface area contributed by atoms with Crippen LogP contribution in [0.1, 0.15) is 48.7 Å². The van der Waals surface area contributed by atoms with Gasteiger partial charge in [0, 0.05) is 24.6 Å². The molecule has 8 nitrogen and oxygen atoms in total. The third-order valence-electron chi connectivity index (χ3n) is 6.85. The molecule has 3 aromatic carbocycles. The second-order valence-corrected chi connectivity index (χ2v) is 11.6. The van der Waals surface area contributed by atoms with Crippen molar-refractivity contribution in [1.82, 2.24) is 14.4 Å². The third kappa shape index (κ3) is 8.20. The zero-order valence-corrected chi connectivity index (χ0v) is 26.6. The molecule has 0 fully saturated rings. The zero-order chi connectivity index (χ0) is 28.8. The molecule has 1 unspecified atom stereocenters. The van der Waals surface area contributed by atoms with Gasteiger partial charge in [-0.2, -0.15) is 0 Å². The fraction of sp³-hybridized carbons (Fsp3) is 0.250. The summed E-state index contributed by atoms with van der Waals surface area (Å²) in [6.07, 6.45) is 4.02. The number of unbranched alkanes of at least 4 members (excludes halogenated alkanes) is 1. The predicted molar refractivity (Wildman–Crippen MR) is 157 cm³/mol. The van der Waals surface area contributed by atoms with Gasteiger partial charge in [-0.05, 0) is 29.7 Å². The Balaban J connectivity index is 0.00000405. The molecule has 2 heterocycles. The molecular weight excluding hydrogens is 561 g/mol. The summed E-state index contributed by atoms with van der Waals surface area (Å²) in [7, 11) is -4.43. The van der Waals surface area contributed by atoms with E-state index in [2.05, 4.69) is 0 Å². The van der Waals surface area contributed by atoms with Crippen molar-refractivity contribution in [3.63, 3.8) is 0 Å². The first-order valence-corrected chi connectivity index (χ1v) is 15.2. The Morgan fingerprint density at radius 3 is 2.26 bits per heavy atom. The van der Waals surface area contributed by atoms with Gasteiger partial charge in [0.15, 0.2) is 5.65 Å². The number of fused-ring (bicyclic) bond motifs is 1. The van der Waals surface area contributed by atoms with Crippen molar-refractivity contribution in [2.24, 2.45) is 0 Å². The molecule has 2 aromatic heterocycles. The van der Waals surface area contributed by atoms with Crippen LogP contribution >= 0.6 is 0 Å². The van der Waals surface area contributed by atoms with Gasteiger partial charge in [0.05, 0.1) is 27.3 Å². The second-order valence-electron chi connectivity index (χ2n) is 10.1. The van der Waals surface area contributed by atoms with Gasteiger partial charge < -0.3 is 14.4 Å². The van der Waals surface area contributed by atoms with Gasteiger partial charge >= 0.3 is 29.6 Å². The van der Waals surface area contributed by atoms with Gasteiger partial charge in [0.25, 0.3) is 0 Å². The van der Waals surface area contributed by atoms with E-state index in [-0.39, 0.29) is 35.4 Å². The molecule has 0 bridgehead atoms. The average molecular weight is 594 g/mol. The summed E-state index contributed by atoms with van der Waals surface area (Å²) >= 11 is 0. The average Bonchev–Trinajstić information content (AvgIpc) is 3.27. The van der Waals surface area contributed by atoms with E-state index in [4.69, 9.17) is 14.7 Å². The second kappa shape index (κ2) is 14.3. The van der Waals surface area contributed by atoms with E-state index in [9.17, 15) is 18.1 Å². The Hall–Kier alpha value is -3.21. The van der Waals surface area contributed by atoms with Crippen LogP contribution in [0.15, 0.2) is 91.1 Å². The molecule has 10 heteroatoms. The summed E-state index contributed by atoms with van der Waals surface area (Å²) in [5.74, 6) is -0.0856. The van der Waals surface area contributed by atoms with E-state index in [0.717, 1.165) is 40.9 Å². The van der Waals surface area contributed by atoms with Crippen molar-refractivity contribution in [1.29, 1.82) is 0 Å². The molecule has 0 saturated heterocycles. The molecule has 0 radical (unpaired) electrons. The first-order chi connectivity index (χ1) is 19.8. The Morgan fingerprint density at radius 1 is 0.905 bits per heavy atom. The summed E-state index contributed by atoms with van der Waals surface area (Å²) < 4.78 is 41.8. The quantitative estimate of drug-likeness (QED) is 0.175. The number of ether oxygens (including phenoxy) is 1. The largest absolute Gasteiger partial charge is 1.00 e. The van der Waals surface area contributed by atoms with E-state index >= 15 is 0 Å². The number of imidazole rings is 1. The Labute approximate surface area is 268 Å². The minimum absolute atomic E-state index is 0. The van der Waals surface area contributed by atoms with Gasteiger partial charge in [-0.3, -0.25) is 4.40 Å². The number of aromatic hydroxyl groups is 1. The van der Waals surface area contributed by atoms with Crippen LogP contribution in [0.4, 0.5) is 0 Å². The number of hydrogen-bond acceptors (Lipinski definition) is 7. The van der Waals surface area contributed by atoms with Crippen LogP contribution in [0.25, 0.3) is 16.9 Å². The Kier molecular flexibility index (Phi) is 10.8. The molecule has 0 aliphatic heterocycles. The van der Waals surface area contributed by atoms with Crippen LogP contribution in [0.3, 0.4) is 0 Å². The van der Waals surface area contributed by atoms with Crippen molar-refractivity contribution >= 4 is 15.8 Å². The molecule has 0 saturated carbocycles. The van der Waals surface area contributed by atoms with Crippen molar-refractivity contribution < 1.29 is 52.4 Å². The smallest absolute Gasteiger partial charge is 0.748 e. The van der Waals surface area contributed by atoms with E-state index in [0.29, 0.717) is 36.4 Å². The Bertz CT molecular complexity index is 1730. The number of hydrogen-bond donors (Lipinski definition) is 1. The van der Waals surface area contributed by atoms with Crippen LogP contribution in [0.2, 0.25) is 0 Å². The standard InChI is InChI=1S/C32H33N3O5S.Na/c1-2-3-16-27(22-41(37,38)39)40-26-17-10-13-24(18-26)20-29-32(36)35-21-30(25-14-8-5-9-15-25)33-28(31(35)34-29)19-23-11-6-4-7-12-23;/h4-15,17-18,21,27,36H,2-3,16,19-20,22H2,1H3,(H,37,38,39);/q;+1/p-1. The molecule has 0 spiro atoms. The van der Waals surface area contributed by atoms with Gasteiger partial charge in [-0.25, -0.2) is 18.4 Å². The number of nitrogens with zero attached hydrogens (tertiary/aromatic N) is 3. The SMILES string of the molecule is CCCCC(CS(=O)(=O)[O-])Oc1cccc(Cc2nc3c(Cc4ccccc4)nc(-c4ccccc4)cn3c2O)c1.[Na+]. The topological polar surface area (TPSA) is 117 Å². The van der Waals surface area contributed by atoms with Gasteiger partial charge in [0.2, 0.25) is 5.88 Å². The molecule has 212 valence electrons. The monoisotopic (exact) mass is 593 g/mol. The molecule has 0 aliphatic carbocycles. The van der Waals surface area contributed by atoms with E-state index in [1.807, 2.05) is 73.7 Å². The van der Waals surface area contributed by atoms with Crippen LogP contribution in [0, 0.1) is 0 Å². The maximum atomic E-state index is 11.4. The van der Waals surface area contributed by atoms with Crippen molar-refractivity contribution in [2.45, 2.75) is 45.1 Å². The van der Waals surface area contributed by atoms with Crippen molar-refractivity contribution in [3.05, 3.63) is 114 Å². The molecule has 1 atom stereocenters. The minimum atomic E-state index is -4.43. The van der Waals surface area contributed by atoms with Gasteiger partial charge in [0.1, 0.15) is 17.5 Å². The maximum absolute atomic E-state index is 11.4. The third-order valence-corrected chi connectivity index (χ3v) is 7.63. The van der Waals surface area contributed by atoms with Crippen molar-refractivity contribution in [3.8, 4) is 22.9 Å². The summed E-state index contributed by atoms with van der Waals surface area (Å²) in [5.41, 5.74) is 5.36. The van der Waals surface area contributed by atoms with E-state index in [1.54, 1.807) is 28.8 Å². The first kappa shape index (κ1) is 31.7. The molecule has 42 heavy (non-hydrogen) atoms. The zero-order valence-electron chi connectivity index (χ0n) is 23.8.